The van der Waals surface area contributed by atoms with E-state index in [9.17, 15) is 4.79 Å². The molecule has 3 N–H and O–H groups in total. The molecule has 100 valence electrons. The highest BCUT2D eigenvalue weighted by molar-refractivity contribution is 5.76. The fourth-order valence-electron chi connectivity index (χ4n) is 1.68. The number of nitrogens with one attached hydrogen (secondary N) is 1. The number of rotatable bonds is 6. The molecule has 0 spiro atoms. The van der Waals surface area contributed by atoms with E-state index in [0.717, 1.165) is 16.9 Å². The smallest absolute Gasteiger partial charge is 0.223 e. The lowest BCUT2D eigenvalue weighted by atomic mass is 10.1. The van der Waals surface area contributed by atoms with Crippen molar-refractivity contribution in [2.45, 2.75) is 33.2 Å². The molecule has 1 rings (SSSR count). The van der Waals surface area contributed by atoms with E-state index in [1.165, 1.54) is 0 Å². The molecule has 0 unspecified atom stereocenters. The molecule has 0 aliphatic rings. The van der Waals surface area contributed by atoms with Crippen LogP contribution in [0.2, 0.25) is 0 Å². The number of carbonyl (C=O) groups is 1. The van der Waals surface area contributed by atoms with Gasteiger partial charge in [0.2, 0.25) is 5.91 Å². The minimum absolute atomic E-state index is 0.0127. The second kappa shape index (κ2) is 7.01. The zero-order valence-corrected chi connectivity index (χ0v) is 11.3. The molecule has 0 heterocycles. The first-order valence-corrected chi connectivity index (χ1v) is 6.22. The number of carbonyl (C=O) groups excluding carboxylic acids is 1. The number of amides is 1. The van der Waals surface area contributed by atoms with Gasteiger partial charge in [-0.25, -0.2) is 0 Å². The van der Waals surface area contributed by atoms with Gasteiger partial charge in [-0.05, 0) is 44.0 Å². The van der Waals surface area contributed by atoms with Crippen molar-refractivity contribution in [3.8, 4) is 5.75 Å². The summed E-state index contributed by atoms with van der Waals surface area (Å²) in [5, 5.41) is 2.79. The molecule has 0 bridgehead atoms. The van der Waals surface area contributed by atoms with E-state index < -0.39 is 0 Å². The van der Waals surface area contributed by atoms with Crippen LogP contribution < -0.4 is 15.8 Å². The summed E-state index contributed by atoms with van der Waals surface area (Å²) in [5.74, 6) is 0.782. The molecule has 0 aliphatic carbocycles. The predicted octanol–water partition coefficient (Wildman–Crippen LogP) is 1.54. The van der Waals surface area contributed by atoms with E-state index in [2.05, 4.69) is 11.4 Å². The molecule has 1 aromatic rings. The van der Waals surface area contributed by atoms with Gasteiger partial charge in [0.15, 0.2) is 0 Å². The summed E-state index contributed by atoms with van der Waals surface area (Å²) in [4.78, 5) is 11.5. The van der Waals surface area contributed by atoms with Crippen LogP contribution in [0.3, 0.4) is 0 Å². The van der Waals surface area contributed by atoms with Crippen LogP contribution in [0.1, 0.15) is 24.5 Å². The standard InChI is InChI=1S/C14H22N2O2/c1-10-6-11(2)8-13(7-10)18-5-4-14(17)16-12(3)9-15/h6-8,12H,4-5,9,15H2,1-3H3,(H,16,17)/t12-/m0/s1. The Morgan fingerprint density at radius 2 is 1.94 bits per heavy atom. The minimum atomic E-state index is -0.0303. The first-order chi connectivity index (χ1) is 8.51. The molecule has 0 fully saturated rings. The average molecular weight is 250 g/mol. The highest BCUT2D eigenvalue weighted by Gasteiger charge is 2.05. The zero-order valence-electron chi connectivity index (χ0n) is 11.3. The number of nitrogens with two attached hydrogens (primary N) is 1. The molecule has 0 radical (unpaired) electrons. The summed E-state index contributed by atoms with van der Waals surface area (Å²) in [5.41, 5.74) is 7.74. The highest BCUT2D eigenvalue weighted by atomic mass is 16.5. The van der Waals surface area contributed by atoms with Crippen molar-refractivity contribution < 1.29 is 9.53 Å². The Bertz CT molecular complexity index is 385. The molecule has 0 aliphatic heterocycles. The molecule has 4 heteroatoms. The maximum atomic E-state index is 11.5. The van der Waals surface area contributed by atoms with Crippen molar-refractivity contribution in [3.63, 3.8) is 0 Å². The zero-order chi connectivity index (χ0) is 13.5. The van der Waals surface area contributed by atoms with Crippen LogP contribution in [-0.4, -0.2) is 25.1 Å². The van der Waals surface area contributed by atoms with Gasteiger partial charge in [-0.2, -0.15) is 0 Å². The van der Waals surface area contributed by atoms with E-state index in [-0.39, 0.29) is 11.9 Å². The summed E-state index contributed by atoms with van der Waals surface area (Å²) < 4.78 is 5.56. The number of aryl methyl sites for hydroxylation is 2. The largest absolute Gasteiger partial charge is 0.493 e. The second-order valence-corrected chi connectivity index (χ2v) is 4.63. The van der Waals surface area contributed by atoms with Crippen LogP contribution in [0, 0.1) is 13.8 Å². The Kier molecular flexibility index (Phi) is 5.65. The molecule has 4 nitrogen and oxygen atoms in total. The van der Waals surface area contributed by atoms with Crippen LogP contribution in [0.4, 0.5) is 0 Å². The van der Waals surface area contributed by atoms with Crippen LogP contribution in [-0.2, 0) is 4.79 Å². The van der Waals surface area contributed by atoms with Crippen molar-refractivity contribution in [2.24, 2.45) is 5.73 Å². The number of ether oxygens (including phenoxy) is 1. The first kappa shape index (κ1) is 14.5. The summed E-state index contributed by atoms with van der Waals surface area (Å²) in [6.07, 6.45) is 0.345. The highest BCUT2D eigenvalue weighted by Crippen LogP contribution is 2.16. The van der Waals surface area contributed by atoms with E-state index in [4.69, 9.17) is 10.5 Å². The Morgan fingerprint density at radius 1 is 1.33 bits per heavy atom. The van der Waals surface area contributed by atoms with Gasteiger partial charge in [-0.1, -0.05) is 6.07 Å². The van der Waals surface area contributed by atoms with Crippen molar-refractivity contribution in [1.82, 2.24) is 5.32 Å². The summed E-state index contributed by atoms with van der Waals surface area (Å²) >= 11 is 0. The SMILES string of the molecule is Cc1cc(C)cc(OCCC(=O)N[C@@H](C)CN)c1. The summed E-state index contributed by atoms with van der Waals surface area (Å²) in [6, 6.07) is 6.03. The van der Waals surface area contributed by atoms with Crippen molar-refractivity contribution in [3.05, 3.63) is 29.3 Å². The monoisotopic (exact) mass is 250 g/mol. The quantitative estimate of drug-likeness (QED) is 0.805. The topological polar surface area (TPSA) is 64.3 Å². The third-order valence-corrected chi connectivity index (χ3v) is 2.55. The molecule has 1 amide bonds. The number of hydrogen-bond donors (Lipinski definition) is 2. The third kappa shape index (κ3) is 5.19. The van der Waals surface area contributed by atoms with Crippen LogP contribution in [0.15, 0.2) is 18.2 Å². The number of benzene rings is 1. The molecule has 0 saturated carbocycles. The van der Waals surface area contributed by atoms with E-state index >= 15 is 0 Å². The molecular weight excluding hydrogens is 228 g/mol. The van der Waals surface area contributed by atoms with Gasteiger partial charge in [-0.3, -0.25) is 4.79 Å². The molecule has 0 aromatic heterocycles. The fraction of sp³-hybridized carbons (Fsp3) is 0.500. The normalized spacial score (nSPS) is 12.0. The molecule has 18 heavy (non-hydrogen) atoms. The Morgan fingerprint density at radius 3 is 2.50 bits per heavy atom. The lowest BCUT2D eigenvalue weighted by Gasteiger charge is -2.12. The summed E-state index contributed by atoms with van der Waals surface area (Å²) in [6.45, 7) is 6.75. The van der Waals surface area contributed by atoms with Crippen LogP contribution in [0.25, 0.3) is 0 Å². The lowest BCUT2D eigenvalue weighted by Crippen LogP contribution is -2.38. The van der Waals surface area contributed by atoms with Crippen molar-refractivity contribution in [2.75, 3.05) is 13.2 Å². The second-order valence-electron chi connectivity index (χ2n) is 4.63. The molecule has 0 saturated heterocycles. The van der Waals surface area contributed by atoms with Gasteiger partial charge in [0, 0.05) is 12.6 Å². The molecule has 1 atom stereocenters. The maximum Gasteiger partial charge on any atom is 0.223 e. The average Bonchev–Trinajstić information content (AvgIpc) is 2.27. The van der Waals surface area contributed by atoms with Gasteiger partial charge in [0.25, 0.3) is 0 Å². The van der Waals surface area contributed by atoms with Gasteiger partial charge in [0.05, 0.1) is 13.0 Å². The van der Waals surface area contributed by atoms with E-state index in [0.29, 0.717) is 19.6 Å². The first-order valence-electron chi connectivity index (χ1n) is 6.22. The van der Waals surface area contributed by atoms with Crippen molar-refractivity contribution in [1.29, 1.82) is 0 Å². The molecular formula is C14H22N2O2. The minimum Gasteiger partial charge on any atom is -0.493 e. The van der Waals surface area contributed by atoms with Crippen molar-refractivity contribution >= 4 is 5.91 Å². The lowest BCUT2D eigenvalue weighted by molar-refractivity contribution is -0.122. The predicted molar refractivity (Wildman–Crippen MR) is 72.7 cm³/mol. The van der Waals surface area contributed by atoms with E-state index in [1.807, 2.05) is 32.9 Å². The molecule has 1 aromatic carbocycles. The van der Waals surface area contributed by atoms with Gasteiger partial charge in [-0.15, -0.1) is 0 Å². The van der Waals surface area contributed by atoms with Gasteiger partial charge < -0.3 is 15.8 Å². The Balaban J connectivity index is 2.35. The van der Waals surface area contributed by atoms with Crippen LogP contribution in [0.5, 0.6) is 5.75 Å². The fourth-order valence-corrected chi connectivity index (χ4v) is 1.68. The summed E-state index contributed by atoms with van der Waals surface area (Å²) in [7, 11) is 0. The Labute approximate surface area is 109 Å². The Hall–Kier alpha value is -1.55. The van der Waals surface area contributed by atoms with Gasteiger partial charge in [0.1, 0.15) is 5.75 Å². The third-order valence-electron chi connectivity index (χ3n) is 2.55. The maximum absolute atomic E-state index is 11.5. The van der Waals surface area contributed by atoms with Crippen LogP contribution >= 0.6 is 0 Å². The van der Waals surface area contributed by atoms with Gasteiger partial charge >= 0.3 is 0 Å². The van der Waals surface area contributed by atoms with E-state index in [1.54, 1.807) is 0 Å². The number of hydrogen-bond acceptors (Lipinski definition) is 3.